The van der Waals surface area contributed by atoms with E-state index >= 15 is 0 Å². The fourth-order valence-electron chi connectivity index (χ4n) is 1.84. The molecule has 0 fully saturated rings. The number of nitrogens with one attached hydrogen (secondary N) is 1. The molecule has 0 aliphatic rings. The summed E-state index contributed by atoms with van der Waals surface area (Å²) in [7, 11) is 1.71. The molecule has 2 rings (SSSR count). The molecule has 0 saturated heterocycles. The minimum absolute atomic E-state index is 0.00406. The zero-order valence-corrected chi connectivity index (χ0v) is 11.9. The van der Waals surface area contributed by atoms with Crippen LogP contribution in [0.4, 0.5) is 0 Å². The first-order valence-corrected chi connectivity index (χ1v) is 6.29. The highest BCUT2D eigenvalue weighted by atomic mass is 35.5. The van der Waals surface area contributed by atoms with Gasteiger partial charge >= 0.3 is 0 Å². The van der Waals surface area contributed by atoms with Crippen molar-refractivity contribution in [3.05, 3.63) is 33.9 Å². The molecule has 0 spiro atoms. The van der Waals surface area contributed by atoms with Crippen molar-refractivity contribution in [2.24, 2.45) is 12.2 Å². The standard InChI is InChI=1S/C12H12Cl2N4O/c1-6(16-15)10-12(19)11(18(2)17-10)7-3-4-8(13)9(14)5-7/h3-6,15,19H,1-2H3. The van der Waals surface area contributed by atoms with Crippen molar-refractivity contribution in [1.82, 2.24) is 9.78 Å². The third-order valence-electron chi connectivity index (χ3n) is 2.83. The molecule has 1 atom stereocenters. The molecule has 1 heterocycles. The Morgan fingerprint density at radius 2 is 2.05 bits per heavy atom. The molecule has 0 radical (unpaired) electrons. The number of rotatable bonds is 3. The number of aromatic hydroxyl groups is 1. The number of benzene rings is 1. The Balaban J connectivity index is 2.59. The maximum atomic E-state index is 10.2. The first-order valence-electron chi connectivity index (χ1n) is 5.53. The fourth-order valence-corrected chi connectivity index (χ4v) is 2.14. The van der Waals surface area contributed by atoms with Crippen molar-refractivity contribution in [2.75, 3.05) is 0 Å². The van der Waals surface area contributed by atoms with Crippen molar-refractivity contribution < 1.29 is 5.11 Å². The van der Waals surface area contributed by atoms with Gasteiger partial charge in [-0.15, -0.1) is 0 Å². The zero-order chi connectivity index (χ0) is 14.2. The maximum Gasteiger partial charge on any atom is 0.167 e. The van der Waals surface area contributed by atoms with Gasteiger partial charge in [-0.3, -0.25) is 4.68 Å². The lowest BCUT2D eigenvalue weighted by Crippen LogP contribution is -1.95. The molecule has 0 aliphatic heterocycles. The van der Waals surface area contributed by atoms with E-state index in [0.717, 1.165) is 0 Å². The van der Waals surface area contributed by atoms with E-state index in [1.54, 1.807) is 32.2 Å². The number of nitrogens with zero attached hydrogens (tertiary/aromatic N) is 3. The predicted molar refractivity (Wildman–Crippen MR) is 73.9 cm³/mol. The van der Waals surface area contributed by atoms with Crippen LogP contribution in [0, 0.1) is 5.53 Å². The van der Waals surface area contributed by atoms with Crippen molar-refractivity contribution >= 4 is 23.2 Å². The normalized spacial score (nSPS) is 12.4. The van der Waals surface area contributed by atoms with E-state index in [2.05, 4.69) is 10.2 Å². The molecular weight excluding hydrogens is 287 g/mol. The first kappa shape index (κ1) is 13.8. The van der Waals surface area contributed by atoms with Crippen LogP contribution >= 0.6 is 23.2 Å². The molecule has 1 aromatic carbocycles. The van der Waals surface area contributed by atoms with E-state index in [1.165, 1.54) is 4.68 Å². The Bertz CT molecular complexity index is 639. The monoisotopic (exact) mass is 298 g/mol. The number of aromatic nitrogens is 2. The summed E-state index contributed by atoms with van der Waals surface area (Å²) in [6, 6.07) is 4.57. The highest BCUT2D eigenvalue weighted by Crippen LogP contribution is 2.37. The van der Waals surface area contributed by atoms with E-state index in [1.807, 2.05) is 0 Å². The van der Waals surface area contributed by atoms with Gasteiger partial charge in [-0.1, -0.05) is 29.3 Å². The molecule has 1 aromatic heterocycles. The van der Waals surface area contributed by atoms with Crippen LogP contribution in [0.5, 0.6) is 5.75 Å². The maximum absolute atomic E-state index is 10.2. The third kappa shape index (κ3) is 2.43. The molecule has 0 bridgehead atoms. The number of halogens is 2. The first-order chi connectivity index (χ1) is 8.95. The van der Waals surface area contributed by atoms with Gasteiger partial charge in [0.15, 0.2) is 5.75 Å². The minimum Gasteiger partial charge on any atom is -0.504 e. The van der Waals surface area contributed by atoms with E-state index in [4.69, 9.17) is 28.7 Å². The second-order valence-corrected chi connectivity index (χ2v) is 4.95. The van der Waals surface area contributed by atoms with Crippen LogP contribution in [0.1, 0.15) is 18.7 Å². The molecule has 100 valence electrons. The Labute approximate surface area is 120 Å². The Hall–Kier alpha value is -1.59. The van der Waals surface area contributed by atoms with Crippen molar-refractivity contribution in [2.45, 2.75) is 13.0 Å². The van der Waals surface area contributed by atoms with Crippen molar-refractivity contribution in [1.29, 1.82) is 5.53 Å². The molecule has 7 heteroatoms. The lowest BCUT2D eigenvalue weighted by molar-refractivity contribution is 0.463. The summed E-state index contributed by atoms with van der Waals surface area (Å²) in [6.07, 6.45) is 0. The molecule has 0 aliphatic carbocycles. The minimum atomic E-state index is -0.497. The average molecular weight is 299 g/mol. The van der Waals surface area contributed by atoms with Gasteiger partial charge in [0.25, 0.3) is 0 Å². The Kier molecular flexibility index (Phi) is 3.78. The van der Waals surface area contributed by atoms with Crippen molar-refractivity contribution in [3.8, 4) is 17.0 Å². The molecule has 0 saturated carbocycles. The summed E-state index contributed by atoms with van der Waals surface area (Å²) in [5.74, 6) is 0.00406. The van der Waals surface area contributed by atoms with Gasteiger partial charge in [0.1, 0.15) is 17.4 Å². The third-order valence-corrected chi connectivity index (χ3v) is 3.57. The topological polar surface area (TPSA) is 74.3 Å². The summed E-state index contributed by atoms with van der Waals surface area (Å²) in [5, 5.41) is 18.6. The van der Waals surface area contributed by atoms with E-state index in [0.29, 0.717) is 27.0 Å². The zero-order valence-electron chi connectivity index (χ0n) is 10.4. The molecule has 2 N–H and O–H groups in total. The summed E-state index contributed by atoms with van der Waals surface area (Å²) >= 11 is 11.8. The molecule has 19 heavy (non-hydrogen) atoms. The predicted octanol–water partition coefficient (Wildman–Crippen LogP) is 4.19. The molecular formula is C12H12Cl2N4O. The largest absolute Gasteiger partial charge is 0.504 e. The summed E-state index contributed by atoms with van der Waals surface area (Å²) in [6.45, 7) is 1.69. The summed E-state index contributed by atoms with van der Waals surface area (Å²) in [5.41, 5.74) is 8.59. The number of hydrogen-bond acceptors (Lipinski definition) is 4. The van der Waals surface area contributed by atoms with Crippen LogP contribution in [-0.4, -0.2) is 14.9 Å². The van der Waals surface area contributed by atoms with E-state index < -0.39 is 6.04 Å². The lowest BCUT2D eigenvalue weighted by Gasteiger charge is -2.05. The van der Waals surface area contributed by atoms with Gasteiger partial charge in [0, 0.05) is 12.6 Å². The number of aryl methyl sites for hydroxylation is 1. The van der Waals surface area contributed by atoms with Gasteiger partial charge < -0.3 is 5.11 Å². The molecule has 1 unspecified atom stereocenters. The van der Waals surface area contributed by atoms with Crippen LogP contribution < -0.4 is 0 Å². The average Bonchev–Trinajstić information content (AvgIpc) is 2.68. The quantitative estimate of drug-likeness (QED) is 0.834. The van der Waals surface area contributed by atoms with Crippen LogP contribution in [0.3, 0.4) is 0 Å². The Morgan fingerprint density at radius 1 is 1.37 bits per heavy atom. The van der Waals surface area contributed by atoms with Gasteiger partial charge in [0.2, 0.25) is 0 Å². The summed E-state index contributed by atoms with van der Waals surface area (Å²) in [4.78, 5) is 0. The fraction of sp³-hybridized carbons (Fsp3) is 0.250. The summed E-state index contributed by atoms with van der Waals surface area (Å²) < 4.78 is 1.53. The molecule has 2 aromatic rings. The van der Waals surface area contributed by atoms with Gasteiger partial charge in [-0.05, 0) is 19.1 Å². The van der Waals surface area contributed by atoms with Gasteiger partial charge in [0.05, 0.1) is 10.0 Å². The van der Waals surface area contributed by atoms with Gasteiger partial charge in [-0.2, -0.15) is 10.2 Å². The van der Waals surface area contributed by atoms with Crippen LogP contribution in [0.15, 0.2) is 23.3 Å². The SMILES string of the molecule is CC(N=N)c1nn(C)c(-c2ccc(Cl)c(Cl)c2)c1O. The molecule has 5 nitrogen and oxygen atoms in total. The lowest BCUT2D eigenvalue weighted by atomic mass is 10.1. The van der Waals surface area contributed by atoms with Crippen molar-refractivity contribution in [3.63, 3.8) is 0 Å². The highest BCUT2D eigenvalue weighted by Gasteiger charge is 2.21. The van der Waals surface area contributed by atoms with E-state index in [9.17, 15) is 5.11 Å². The second kappa shape index (κ2) is 5.19. The van der Waals surface area contributed by atoms with Crippen LogP contribution in [0.25, 0.3) is 11.3 Å². The smallest absolute Gasteiger partial charge is 0.167 e. The Morgan fingerprint density at radius 3 is 2.63 bits per heavy atom. The second-order valence-electron chi connectivity index (χ2n) is 4.14. The van der Waals surface area contributed by atoms with Gasteiger partial charge in [-0.25, -0.2) is 5.53 Å². The van der Waals surface area contributed by atoms with Crippen LogP contribution in [-0.2, 0) is 7.05 Å². The van der Waals surface area contributed by atoms with E-state index in [-0.39, 0.29) is 5.75 Å². The highest BCUT2D eigenvalue weighted by molar-refractivity contribution is 6.42. The number of hydrogen-bond donors (Lipinski definition) is 2. The molecule has 0 amide bonds. The van der Waals surface area contributed by atoms with Crippen LogP contribution in [0.2, 0.25) is 10.0 Å².